The molecule has 0 radical (unpaired) electrons. The molecule has 2 N–H and O–H groups in total. The molecule has 1 aromatic heterocycles. The highest BCUT2D eigenvalue weighted by Gasteiger charge is 2.18. The fourth-order valence-electron chi connectivity index (χ4n) is 2.96. The van der Waals surface area contributed by atoms with Crippen LogP contribution < -0.4 is 15.3 Å². The highest BCUT2D eigenvalue weighted by atomic mass is 35.5. The van der Waals surface area contributed by atoms with Crippen molar-refractivity contribution in [3.8, 4) is 11.5 Å². The molecule has 146 valence electrons. The third kappa shape index (κ3) is 4.04. The van der Waals surface area contributed by atoms with Gasteiger partial charge in [-0.25, -0.2) is 4.68 Å². The minimum absolute atomic E-state index is 0.241. The predicted molar refractivity (Wildman–Crippen MR) is 107 cm³/mol. The number of nitrogens with two attached hydrogens (primary N) is 1. The first kappa shape index (κ1) is 18.9. The topological polar surface area (TPSA) is 84.4 Å². The molecule has 7 nitrogen and oxygen atoms in total. The van der Waals surface area contributed by atoms with Crippen molar-refractivity contribution in [2.45, 2.75) is 23.9 Å². The summed E-state index contributed by atoms with van der Waals surface area (Å²) >= 11 is 7.71. The third-order valence-electron chi connectivity index (χ3n) is 4.36. The molecule has 0 saturated heterocycles. The molecule has 0 bridgehead atoms. The van der Waals surface area contributed by atoms with Crippen LogP contribution in [0.2, 0.25) is 5.02 Å². The van der Waals surface area contributed by atoms with Gasteiger partial charge in [0.1, 0.15) is 11.5 Å². The highest BCUT2D eigenvalue weighted by Crippen LogP contribution is 2.35. The summed E-state index contributed by atoms with van der Waals surface area (Å²) in [7, 11) is 1.64. The van der Waals surface area contributed by atoms with Gasteiger partial charge in [0, 0.05) is 28.3 Å². The van der Waals surface area contributed by atoms with Crippen LogP contribution in [-0.4, -0.2) is 28.8 Å². The summed E-state index contributed by atoms with van der Waals surface area (Å²) in [5.41, 5.74) is 3.01. The van der Waals surface area contributed by atoms with Gasteiger partial charge in [-0.1, -0.05) is 35.5 Å². The van der Waals surface area contributed by atoms with Gasteiger partial charge in [-0.3, -0.25) is 0 Å². The number of nitrogen functional groups attached to an aromatic ring is 1. The second-order valence-electron chi connectivity index (χ2n) is 6.25. The lowest BCUT2D eigenvalue weighted by molar-refractivity contribution is -0.0168. The average molecular weight is 419 g/mol. The lowest BCUT2D eigenvalue weighted by Gasteiger charge is -2.20. The van der Waals surface area contributed by atoms with Crippen molar-refractivity contribution in [2.75, 3.05) is 19.7 Å². The van der Waals surface area contributed by atoms with Gasteiger partial charge in [-0.15, -0.1) is 10.2 Å². The maximum absolute atomic E-state index is 6.22. The van der Waals surface area contributed by atoms with Crippen LogP contribution in [0.5, 0.6) is 11.5 Å². The molecular weight excluding hydrogens is 400 g/mol. The van der Waals surface area contributed by atoms with E-state index in [0.717, 1.165) is 28.2 Å². The number of aromatic nitrogens is 3. The van der Waals surface area contributed by atoms with Gasteiger partial charge in [0.2, 0.25) is 5.16 Å². The van der Waals surface area contributed by atoms with Crippen LogP contribution in [0.4, 0.5) is 0 Å². The standard InChI is InChI=1S/C19H19ClN4O3S/c1-25-16-4-2-12(3-5-16)6-17-22-23-19(24(17)21)28-10-14-8-15(20)7-13-9-26-11-27-18(13)14/h2-5,7-8H,6,9-11,21H2,1H3. The second kappa shape index (κ2) is 8.30. The molecular formula is C19H19ClN4O3S. The first-order valence-corrected chi connectivity index (χ1v) is 9.97. The Labute approximate surface area is 171 Å². The van der Waals surface area contributed by atoms with Crippen molar-refractivity contribution in [1.82, 2.24) is 14.9 Å². The zero-order valence-corrected chi connectivity index (χ0v) is 16.8. The molecule has 0 unspecified atom stereocenters. The molecule has 0 saturated carbocycles. The Balaban J connectivity index is 1.47. The lowest BCUT2D eigenvalue weighted by Crippen LogP contribution is -2.15. The largest absolute Gasteiger partial charge is 0.497 e. The van der Waals surface area contributed by atoms with Crippen LogP contribution in [0.15, 0.2) is 41.6 Å². The molecule has 28 heavy (non-hydrogen) atoms. The van der Waals surface area contributed by atoms with Crippen molar-refractivity contribution in [3.63, 3.8) is 0 Å². The van der Waals surface area contributed by atoms with E-state index in [1.807, 2.05) is 36.4 Å². The van der Waals surface area contributed by atoms with Gasteiger partial charge in [0.25, 0.3) is 0 Å². The van der Waals surface area contributed by atoms with Crippen molar-refractivity contribution >= 4 is 23.4 Å². The fourth-order valence-corrected chi connectivity index (χ4v) is 4.06. The molecule has 1 aliphatic heterocycles. The number of methoxy groups -OCH3 is 1. The van der Waals surface area contributed by atoms with Crippen LogP contribution in [0.25, 0.3) is 0 Å². The van der Waals surface area contributed by atoms with Crippen LogP contribution in [0.1, 0.15) is 22.5 Å². The molecule has 0 amide bonds. The van der Waals surface area contributed by atoms with E-state index in [2.05, 4.69) is 10.2 Å². The number of ether oxygens (including phenoxy) is 3. The van der Waals surface area contributed by atoms with Gasteiger partial charge in [0.05, 0.1) is 13.7 Å². The molecule has 9 heteroatoms. The Hall–Kier alpha value is -2.42. The average Bonchev–Trinajstić information content (AvgIpc) is 3.06. The number of thioether (sulfide) groups is 1. The Morgan fingerprint density at radius 3 is 2.86 bits per heavy atom. The molecule has 4 rings (SSSR count). The Bertz CT molecular complexity index is 978. The van der Waals surface area contributed by atoms with Gasteiger partial charge in [-0.05, 0) is 29.8 Å². The molecule has 0 aliphatic carbocycles. The van der Waals surface area contributed by atoms with Crippen molar-refractivity contribution < 1.29 is 14.2 Å². The Kier molecular flexibility index (Phi) is 5.61. The minimum Gasteiger partial charge on any atom is -0.497 e. The molecule has 0 spiro atoms. The first-order valence-electron chi connectivity index (χ1n) is 8.61. The van der Waals surface area contributed by atoms with Gasteiger partial charge in [-0.2, -0.15) is 0 Å². The van der Waals surface area contributed by atoms with E-state index in [1.54, 1.807) is 7.11 Å². The summed E-state index contributed by atoms with van der Waals surface area (Å²) in [5.74, 6) is 9.14. The quantitative estimate of drug-likeness (QED) is 0.485. The fraction of sp³-hybridized carbons (Fsp3) is 0.263. The van der Waals surface area contributed by atoms with Crippen LogP contribution in [0.3, 0.4) is 0 Å². The van der Waals surface area contributed by atoms with E-state index in [-0.39, 0.29) is 6.79 Å². The zero-order chi connectivity index (χ0) is 19.5. The van der Waals surface area contributed by atoms with Crippen LogP contribution in [0, 0.1) is 0 Å². The van der Waals surface area contributed by atoms with Crippen molar-refractivity contribution in [2.24, 2.45) is 0 Å². The van der Waals surface area contributed by atoms with Crippen molar-refractivity contribution in [1.29, 1.82) is 0 Å². The molecule has 2 heterocycles. The smallest absolute Gasteiger partial charge is 0.210 e. The number of rotatable bonds is 6. The number of halogens is 1. The summed E-state index contributed by atoms with van der Waals surface area (Å²) in [6.07, 6.45) is 0.584. The number of hydrogen-bond donors (Lipinski definition) is 1. The SMILES string of the molecule is COc1ccc(Cc2nnc(SCc3cc(Cl)cc4c3OCOC4)n2N)cc1. The van der Waals surface area contributed by atoms with E-state index in [9.17, 15) is 0 Å². The summed E-state index contributed by atoms with van der Waals surface area (Å²) in [6, 6.07) is 11.6. The predicted octanol–water partition coefficient (Wildman–Crippen LogP) is 3.40. The number of benzene rings is 2. The van der Waals surface area contributed by atoms with E-state index in [1.165, 1.54) is 16.4 Å². The number of hydrogen-bond acceptors (Lipinski definition) is 7. The Morgan fingerprint density at radius 1 is 1.25 bits per heavy atom. The minimum atomic E-state index is 0.241. The third-order valence-corrected chi connectivity index (χ3v) is 5.58. The number of nitrogens with zero attached hydrogens (tertiary/aromatic N) is 3. The van der Waals surface area contributed by atoms with Crippen molar-refractivity contribution in [3.05, 3.63) is 63.9 Å². The normalized spacial score (nSPS) is 13.1. The van der Waals surface area contributed by atoms with E-state index < -0.39 is 0 Å². The maximum Gasteiger partial charge on any atom is 0.210 e. The molecule has 0 atom stereocenters. The summed E-state index contributed by atoms with van der Waals surface area (Å²) in [5, 5.41) is 9.73. The molecule has 3 aromatic rings. The molecule has 0 fully saturated rings. The highest BCUT2D eigenvalue weighted by molar-refractivity contribution is 7.98. The molecule has 2 aromatic carbocycles. The van der Waals surface area contributed by atoms with Crippen LogP contribution in [-0.2, 0) is 23.5 Å². The van der Waals surface area contributed by atoms with Crippen LogP contribution >= 0.6 is 23.4 Å². The monoisotopic (exact) mass is 418 g/mol. The zero-order valence-electron chi connectivity index (χ0n) is 15.2. The summed E-state index contributed by atoms with van der Waals surface area (Å²) < 4.78 is 17.7. The first-order chi connectivity index (χ1) is 13.6. The summed E-state index contributed by atoms with van der Waals surface area (Å²) in [6.45, 7) is 0.734. The Morgan fingerprint density at radius 2 is 2.07 bits per heavy atom. The maximum atomic E-state index is 6.22. The van der Waals surface area contributed by atoms with Gasteiger partial charge < -0.3 is 20.1 Å². The van der Waals surface area contributed by atoms with E-state index in [0.29, 0.717) is 34.8 Å². The van der Waals surface area contributed by atoms with Gasteiger partial charge >= 0.3 is 0 Å². The number of fused-ring (bicyclic) bond motifs is 1. The van der Waals surface area contributed by atoms with E-state index >= 15 is 0 Å². The van der Waals surface area contributed by atoms with E-state index in [4.69, 9.17) is 31.7 Å². The summed E-state index contributed by atoms with van der Waals surface area (Å²) in [4.78, 5) is 0. The van der Waals surface area contributed by atoms with Gasteiger partial charge in [0.15, 0.2) is 12.6 Å². The second-order valence-corrected chi connectivity index (χ2v) is 7.63. The molecule has 1 aliphatic rings. The lowest BCUT2D eigenvalue weighted by atomic mass is 10.1.